The van der Waals surface area contributed by atoms with Gasteiger partial charge in [0, 0.05) is 17.6 Å². The van der Waals surface area contributed by atoms with Crippen LogP contribution in [0.25, 0.3) is 17.0 Å². The van der Waals surface area contributed by atoms with E-state index in [2.05, 4.69) is 31.0 Å². The number of pyridine rings is 1. The number of amides is 1. The van der Waals surface area contributed by atoms with Crippen LogP contribution >= 0.6 is 22.7 Å². The second kappa shape index (κ2) is 9.26. The van der Waals surface area contributed by atoms with Crippen molar-refractivity contribution in [1.82, 2.24) is 19.3 Å². The number of imidazole rings is 1. The molecule has 172 valence electrons. The Morgan fingerprint density at radius 1 is 1.12 bits per heavy atom. The van der Waals surface area contributed by atoms with Crippen LogP contribution in [0.2, 0.25) is 0 Å². The first-order valence-corrected chi connectivity index (χ1v) is 12.3. The van der Waals surface area contributed by atoms with Crippen molar-refractivity contribution in [2.45, 2.75) is 6.54 Å². The molecule has 0 fully saturated rings. The molecule has 0 saturated heterocycles. The van der Waals surface area contributed by atoms with Crippen molar-refractivity contribution in [1.29, 1.82) is 0 Å². The predicted octanol–water partition coefficient (Wildman–Crippen LogP) is 5.16. The topological polar surface area (TPSA) is 101 Å². The van der Waals surface area contributed by atoms with Crippen molar-refractivity contribution in [3.05, 3.63) is 76.7 Å². The fraction of sp³-hybridized carbons (Fsp3) is 0.125. The first-order chi connectivity index (χ1) is 16.5. The zero-order valence-corrected chi connectivity index (χ0v) is 20.3. The van der Waals surface area contributed by atoms with Gasteiger partial charge in [0.1, 0.15) is 11.3 Å². The lowest BCUT2D eigenvalue weighted by Gasteiger charge is -2.12. The van der Waals surface area contributed by atoms with E-state index in [0.717, 1.165) is 39.4 Å². The highest BCUT2D eigenvalue weighted by Crippen LogP contribution is 2.31. The molecule has 0 aliphatic carbocycles. The van der Waals surface area contributed by atoms with Gasteiger partial charge in [-0.3, -0.25) is 9.20 Å². The summed E-state index contributed by atoms with van der Waals surface area (Å²) in [7, 11) is 4.09. The van der Waals surface area contributed by atoms with Gasteiger partial charge in [0.2, 0.25) is 0 Å². The van der Waals surface area contributed by atoms with Crippen LogP contribution in [0.5, 0.6) is 0 Å². The van der Waals surface area contributed by atoms with E-state index in [1.54, 1.807) is 18.2 Å². The Balaban J connectivity index is 1.34. The molecule has 34 heavy (non-hydrogen) atoms. The van der Waals surface area contributed by atoms with Crippen molar-refractivity contribution < 1.29 is 4.79 Å². The van der Waals surface area contributed by atoms with E-state index in [1.807, 2.05) is 56.0 Å². The third-order valence-electron chi connectivity index (χ3n) is 5.12. The van der Waals surface area contributed by atoms with Gasteiger partial charge in [0.15, 0.2) is 5.13 Å². The molecule has 1 amide bonds. The highest BCUT2D eigenvalue weighted by atomic mass is 32.1. The number of benzene rings is 1. The number of nitrogens with one attached hydrogen (secondary N) is 2. The Kier molecular flexibility index (Phi) is 6.01. The van der Waals surface area contributed by atoms with Crippen molar-refractivity contribution in [3.8, 4) is 11.4 Å². The number of anilines is 4. The van der Waals surface area contributed by atoms with Gasteiger partial charge < -0.3 is 21.3 Å². The molecule has 0 aliphatic rings. The molecular formula is C24H23N7OS2. The Bertz CT molecular complexity index is 1470. The molecule has 0 spiro atoms. The second-order valence-corrected chi connectivity index (χ2v) is 9.90. The van der Waals surface area contributed by atoms with Crippen LogP contribution in [0.4, 0.5) is 21.5 Å². The first kappa shape index (κ1) is 22.1. The number of thiazole rings is 1. The lowest BCUT2D eigenvalue weighted by atomic mass is 10.2. The highest BCUT2D eigenvalue weighted by Gasteiger charge is 2.15. The van der Waals surface area contributed by atoms with Crippen LogP contribution in [0.15, 0.2) is 66.2 Å². The molecule has 4 N–H and O–H groups in total. The van der Waals surface area contributed by atoms with Gasteiger partial charge in [-0.25, -0.2) is 9.97 Å². The van der Waals surface area contributed by atoms with Crippen LogP contribution in [0, 0.1) is 0 Å². The third-order valence-corrected chi connectivity index (χ3v) is 6.88. The number of para-hydroxylation sites is 2. The van der Waals surface area contributed by atoms with Crippen LogP contribution in [0.3, 0.4) is 0 Å². The van der Waals surface area contributed by atoms with Gasteiger partial charge in [-0.2, -0.15) is 0 Å². The number of thiophene rings is 1. The molecule has 0 saturated carbocycles. The maximum atomic E-state index is 12.6. The van der Waals surface area contributed by atoms with Crippen molar-refractivity contribution in [3.63, 3.8) is 0 Å². The lowest BCUT2D eigenvalue weighted by molar-refractivity contribution is 0.103. The smallest absolute Gasteiger partial charge is 0.265 e. The molecule has 4 heterocycles. The minimum atomic E-state index is -0.199. The summed E-state index contributed by atoms with van der Waals surface area (Å²) < 4.78 is 2.14. The highest BCUT2D eigenvalue weighted by molar-refractivity contribution is 7.19. The van der Waals surface area contributed by atoms with Crippen LogP contribution < -0.4 is 16.4 Å². The number of hydrogen-bond donors (Lipinski definition) is 3. The molecule has 0 bridgehead atoms. The molecule has 0 radical (unpaired) electrons. The third kappa shape index (κ3) is 4.51. The van der Waals surface area contributed by atoms with E-state index >= 15 is 0 Å². The number of rotatable bonds is 7. The molecule has 0 aliphatic heterocycles. The Morgan fingerprint density at radius 3 is 2.79 bits per heavy atom. The fourth-order valence-electron chi connectivity index (χ4n) is 3.61. The molecule has 4 aromatic heterocycles. The summed E-state index contributed by atoms with van der Waals surface area (Å²) in [5, 5.41) is 9.76. The van der Waals surface area contributed by atoms with Gasteiger partial charge in [0.05, 0.1) is 33.1 Å². The van der Waals surface area contributed by atoms with Gasteiger partial charge in [-0.1, -0.05) is 18.2 Å². The molecule has 5 aromatic rings. The maximum absolute atomic E-state index is 12.6. The molecule has 5 rings (SSSR count). The lowest BCUT2D eigenvalue weighted by Crippen LogP contribution is -2.13. The molecule has 10 heteroatoms. The van der Waals surface area contributed by atoms with E-state index in [4.69, 9.17) is 10.7 Å². The zero-order valence-electron chi connectivity index (χ0n) is 18.6. The van der Waals surface area contributed by atoms with Crippen molar-refractivity contribution in [2.24, 2.45) is 0 Å². The molecule has 0 atom stereocenters. The number of aromatic nitrogens is 3. The average molecular weight is 490 g/mol. The average Bonchev–Trinajstić information content (AvgIpc) is 3.55. The molecule has 8 nitrogen and oxygen atoms in total. The monoisotopic (exact) mass is 489 g/mol. The van der Waals surface area contributed by atoms with E-state index in [-0.39, 0.29) is 5.91 Å². The van der Waals surface area contributed by atoms with Gasteiger partial charge in [-0.15, -0.1) is 22.7 Å². The number of carbonyl (C=O) groups is 1. The van der Waals surface area contributed by atoms with Crippen LogP contribution in [-0.4, -0.2) is 39.3 Å². The number of hydrogen-bond acceptors (Lipinski definition) is 8. The number of nitrogens with two attached hydrogens (primary N) is 1. The second-order valence-electron chi connectivity index (χ2n) is 7.96. The summed E-state index contributed by atoms with van der Waals surface area (Å²) in [6.45, 7) is 0.796. The van der Waals surface area contributed by atoms with E-state index < -0.39 is 0 Å². The van der Waals surface area contributed by atoms with Gasteiger partial charge in [0.25, 0.3) is 5.91 Å². The van der Waals surface area contributed by atoms with E-state index in [9.17, 15) is 4.79 Å². The Labute approximate surface area is 204 Å². The molecular weight excluding hydrogens is 466 g/mol. The standard InChI is InChI=1S/C24H23N7OS2/c1-30(2)13-15-6-5-9-21-26-12-19(31(15)21)18-14-33-24(28-18)29-22-11-10-20(34-22)23(32)27-17-8-4-3-7-16(17)25/h3-12,14H,13,25H2,1-2H3,(H,27,32)(H,28,29). The van der Waals surface area contributed by atoms with Crippen molar-refractivity contribution >= 4 is 55.7 Å². The number of nitrogen functional groups attached to an aromatic ring is 1. The van der Waals surface area contributed by atoms with E-state index in [1.165, 1.54) is 22.7 Å². The molecule has 1 aromatic carbocycles. The Hall–Kier alpha value is -3.73. The van der Waals surface area contributed by atoms with Gasteiger partial charge >= 0.3 is 0 Å². The minimum Gasteiger partial charge on any atom is -0.397 e. The zero-order chi connectivity index (χ0) is 23.7. The minimum absolute atomic E-state index is 0.199. The first-order valence-electron chi connectivity index (χ1n) is 10.6. The summed E-state index contributed by atoms with van der Waals surface area (Å²) in [6.07, 6.45) is 1.86. The summed E-state index contributed by atoms with van der Waals surface area (Å²) >= 11 is 2.87. The summed E-state index contributed by atoms with van der Waals surface area (Å²) in [6, 6.07) is 17.0. The quantitative estimate of drug-likeness (QED) is 0.273. The predicted molar refractivity (Wildman–Crippen MR) is 140 cm³/mol. The number of fused-ring (bicyclic) bond motifs is 1. The normalized spacial score (nSPS) is 11.3. The number of carbonyl (C=O) groups excluding carboxylic acids is 1. The largest absolute Gasteiger partial charge is 0.397 e. The number of nitrogens with zero attached hydrogens (tertiary/aromatic N) is 4. The SMILES string of the molecule is CN(C)Cc1cccc2ncc(-c3csc(Nc4ccc(C(=O)Nc5ccccc5N)s4)n3)n12. The summed E-state index contributed by atoms with van der Waals surface area (Å²) in [5.74, 6) is -0.199. The van der Waals surface area contributed by atoms with Crippen LogP contribution in [-0.2, 0) is 6.54 Å². The van der Waals surface area contributed by atoms with E-state index in [0.29, 0.717) is 16.3 Å². The summed E-state index contributed by atoms with van der Waals surface area (Å²) in [5.41, 5.74) is 10.9. The van der Waals surface area contributed by atoms with Crippen molar-refractivity contribution in [2.75, 3.05) is 30.5 Å². The summed E-state index contributed by atoms with van der Waals surface area (Å²) in [4.78, 5) is 24.7. The van der Waals surface area contributed by atoms with Crippen LogP contribution in [0.1, 0.15) is 15.4 Å². The maximum Gasteiger partial charge on any atom is 0.265 e. The molecule has 0 unspecified atom stereocenters. The fourth-order valence-corrected chi connectivity index (χ4v) is 5.19. The Morgan fingerprint density at radius 2 is 1.97 bits per heavy atom. The van der Waals surface area contributed by atoms with Gasteiger partial charge in [-0.05, 0) is 50.5 Å².